The lowest BCUT2D eigenvalue weighted by Crippen LogP contribution is -2.37. The van der Waals surface area contributed by atoms with Crippen molar-refractivity contribution >= 4 is 52.8 Å². The van der Waals surface area contributed by atoms with Crippen LogP contribution in [0.25, 0.3) is 0 Å². The Morgan fingerprint density at radius 3 is 2.33 bits per heavy atom. The Balaban J connectivity index is 1.53. The quantitative estimate of drug-likeness (QED) is 0.190. The molecule has 0 spiro atoms. The molecule has 0 fully saturated rings. The number of hydrazone groups is 1. The predicted octanol–water partition coefficient (Wildman–Crippen LogP) is 4.10. The van der Waals surface area contributed by atoms with Gasteiger partial charge in [0, 0.05) is 17.3 Å². The standard InChI is InChI=1S/C27H26Cl2N4O6/c1-16-4-7-19(12-21(16)28)32-24(34)15-39-25-22(29)10-18(11-23(25)38-3)14-31-33-27(36)26(35)30-13-17-5-8-20(37-2)9-6-17/h4-12,14H,13,15H2,1-3H3,(H,30,35)(H,32,34)(H,33,36)/b31-14-. The largest absolute Gasteiger partial charge is 0.497 e. The Morgan fingerprint density at radius 1 is 0.923 bits per heavy atom. The molecule has 12 heteroatoms. The van der Waals surface area contributed by atoms with Crippen LogP contribution >= 0.6 is 23.2 Å². The van der Waals surface area contributed by atoms with Crippen molar-refractivity contribution in [2.45, 2.75) is 13.5 Å². The van der Waals surface area contributed by atoms with Gasteiger partial charge in [-0.3, -0.25) is 14.4 Å². The average molecular weight is 573 g/mol. The van der Waals surface area contributed by atoms with E-state index < -0.39 is 17.7 Å². The van der Waals surface area contributed by atoms with E-state index in [2.05, 4.69) is 21.2 Å². The zero-order valence-electron chi connectivity index (χ0n) is 21.3. The normalized spacial score (nSPS) is 10.6. The molecule has 0 radical (unpaired) electrons. The third kappa shape index (κ3) is 8.62. The van der Waals surface area contributed by atoms with Crippen LogP contribution in [-0.4, -0.2) is 44.8 Å². The van der Waals surface area contributed by atoms with Crippen LogP contribution in [-0.2, 0) is 20.9 Å². The van der Waals surface area contributed by atoms with Crippen LogP contribution in [0.4, 0.5) is 5.69 Å². The zero-order valence-corrected chi connectivity index (χ0v) is 22.9. The first-order valence-corrected chi connectivity index (χ1v) is 12.3. The molecule has 3 aromatic rings. The Morgan fingerprint density at radius 2 is 1.67 bits per heavy atom. The molecule has 3 N–H and O–H groups in total. The van der Waals surface area contributed by atoms with Crippen molar-refractivity contribution in [2.24, 2.45) is 5.10 Å². The number of aryl methyl sites for hydroxylation is 1. The molecule has 3 amide bonds. The SMILES string of the molecule is COc1ccc(CNC(=O)C(=O)N/N=C\c2cc(Cl)c(OCC(=O)Nc3ccc(C)c(Cl)c3)c(OC)c2)cc1. The summed E-state index contributed by atoms with van der Waals surface area (Å²) < 4.78 is 16.0. The van der Waals surface area contributed by atoms with Gasteiger partial charge in [0.15, 0.2) is 18.1 Å². The van der Waals surface area contributed by atoms with Crippen molar-refractivity contribution in [1.29, 1.82) is 0 Å². The number of nitrogens with one attached hydrogen (secondary N) is 3. The summed E-state index contributed by atoms with van der Waals surface area (Å²) in [6.07, 6.45) is 1.28. The highest BCUT2D eigenvalue weighted by molar-refractivity contribution is 6.35. The highest BCUT2D eigenvalue weighted by Crippen LogP contribution is 2.36. The van der Waals surface area contributed by atoms with Crippen LogP contribution in [0.5, 0.6) is 17.2 Å². The monoisotopic (exact) mass is 572 g/mol. The van der Waals surface area contributed by atoms with Gasteiger partial charge in [0.05, 0.1) is 25.5 Å². The van der Waals surface area contributed by atoms with Crippen molar-refractivity contribution < 1.29 is 28.6 Å². The third-order valence-corrected chi connectivity index (χ3v) is 5.94. The topological polar surface area (TPSA) is 127 Å². The smallest absolute Gasteiger partial charge is 0.329 e. The number of methoxy groups -OCH3 is 2. The number of nitrogens with zero attached hydrogens (tertiary/aromatic N) is 1. The molecule has 3 rings (SSSR count). The molecule has 0 heterocycles. The Hall–Kier alpha value is -4.28. The minimum atomic E-state index is -0.946. The summed E-state index contributed by atoms with van der Waals surface area (Å²) in [7, 11) is 2.96. The Bertz CT molecular complexity index is 1380. The molecule has 0 aliphatic heterocycles. The summed E-state index contributed by atoms with van der Waals surface area (Å²) in [5.41, 5.74) is 4.80. The molecule has 204 valence electrons. The zero-order chi connectivity index (χ0) is 28.4. The first-order chi connectivity index (χ1) is 18.7. The number of hydrogen-bond acceptors (Lipinski definition) is 7. The van der Waals surface area contributed by atoms with Crippen LogP contribution < -0.4 is 30.3 Å². The average Bonchev–Trinajstić information content (AvgIpc) is 2.93. The number of hydrogen-bond donors (Lipinski definition) is 3. The van der Waals surface area contributed by atoms with E-state index in [1.807, 2.05) is 6.92 Å². The number of benzene rings is 3. The van der Waals surface area contributed by atoms with E-state index in [0.717, 1.165) is 11.1 Å². The number of ether oxygens (including phenoxy) is 3. The fourth-order valence-electron chi connectivity index (χ4n) is 3.18. The molecular weight excluding hydrogens is 547 g/mol. The lowest BCUT2D eigenvalue weighted by Gasteiger charge is -2.13. The maximum atomic E-state index is 12.3. The lowest BCUT2D eigenvalue weighted by atomic mass is 10.2. The summed E-state index contributed by atoms with van der Waals surface area (Å²) >= 11 is 12.4. The van der Waals surface area contributed by atoms with Gasteiger partial charge in [-0.2, -0.15) is 5.10 Å². The fraction of sp³-hybridized carbons (Fsp3) is 0.185. The lowest BCUT2D eigenvalue weighted by molar-refractivity contribution is -0.139. The summed E-state index contributed by atoms with van der Waals surface area (Å²) in [5, 5.41) is 9.65. The van der Waals surface area contributed by atoms with Crippen LogP contribution in [0.15, 0.2) is 59.7 Å². The third-order valence-electron chi connectivity index (χ3n) is 5.25. The highest BCUT2D eigenvalue weighted by Gasteiger charge is 2.15. The summed E-state index contributed by atoms with van der Waals surface area (Å²) in [6, 6.07) is 15.2. The Kier molecular flexibility index (Phi) is 10.5. The van der Waals surface area contributed by atoms with Gasteiger partial charge in [-0.15, -0.1) is 0 Å². The minimum absolute atomic E-state index is 0.144. The first-order valence-electron chi connectivity index (χ1n) is 11.5. The molecule has 10 nitrogen and oxygen atoms in total. The van der Waals surface area contributed by atoms with Gasteiger partial charge >= 0.3 is 11.8 Å². The second-order valence-electron chi connectivity index (χ2n) is 8.06. The number of anilines is 1. The van der Waals surface area contributed by atoms with E-state index in [1.54, 1.807) is 49.6 Å². The van der Waals surface area contributed by atoms with E-state index in [-0.39, 0.29) is 29.7 Å². The predicted molar refractivity (Wildman–Crippen MR) is 149 cm³/mol. The number of carbonyl (C=O) groups excluding carboxylic acids is 3. The number of carbonyl (C=O) groups is 3. The molecule has 3 aromatic carbocycles. The van der Waals surface area contributed by atoms with Gasteiger partial charge in [-0.25, -0.2) is 5.43 Å². The van der Waals surface area contributed by atoms with Crippen LogP contribution in [0.1, 0.15) is 16.7 Å². The highest BCUT2D eigenvalue weighted by atomic mass is 35.5. The first kappa shape index (κ1) is 29.3. The summed E-state index contributed by atoms with van der Waals surface area (Å²) in [5.74, 6) is -1.16. The van der Waals surface area contributed by atoms with Crippen molar-refractivity contribution in [3.63, 3.8) is 0 Å². The van der Waals surface area contributed by atoms with E-state index >= 15 is 0 Å². The van der Waals surface area contributed by atoms with Gasteiger partial charge < -0.3 is 24.8 Å². The molecule has 0 unspecified atom stereocenters. The molecule has 39 heavy (non-hydrogen) atoms. The maximum absolute atomic E-state index is 12.3. The molecule has 0 saturated heterocycles. The maximum Gasteiger partial charge on any atom is 0.329 e. The fourth-order valence-corrected chi connectivity index (χ4v) is 3.64. The second-order valence-corrected chi connectivity index (χ2v) is 8.88. The van der Waals surface area contributed by atoms with E-state index in [9.17, 15) is 14.4 Å². The van der Waals surface area contributed by atoms with Crippen LogP contribution in [0, 0.1) is 6.92 Å². The molecule has 0 aliphatic carbocycles. The summed E-state index contributed by atoms with van der Waals surface area (Å²) in [4.78, 5) is 36.4. The van der Waals surface area contributed by atoms with Crippen molar-refractivity contribution in [1.82, 2.24) is 10.7 Å². The van der Waals surface area contributed by atoms with Gasteiger partial charge in [-0.05, 0) is 60.0 Å². The van der Waals surface area contributed by atoms with Crippen molar-refractivity contribution in [2.75, 3.05) is 26.1 Å². The van der Waals surface area contributed by atoms with E-state index in [1.165, 1.54) is 25.5 Å². The van der Waals surface area contributed by atoms with Gasteiger partial charge in [-0.1, -0.05) is 41.4 Å². The Labute approximate surface area is 235 Å². The number of rotatable bonds is 10. The van der Waals surface area contributed by atoms with Crippen molar-refractivity contribution in [3.8, 4) is 17.2 Å². The summed E-state index contributed by atoms with van der Waals surface area (Å²) in [6.45, 7) is 1.68. The van der Waals surface area contributed by atoms with Gasteiger partial charge in [0.25, 0.3) is 5.91 Å². The van der Waals surface area contributed by atoms with E-state index in [0.29, 0.717) is 22.0 Å². The van der Waals surface area contributed by atoms with Crippen LogP contribution in [0.3, 0.4) is 0 Å². The van der Waals surface area contributed by atoms with Crippen LogP contribution in [0.2, 0.25) is 10.0 Å². The van der Waals surface area contributed by atoms with Gasteiger partial charge in [0.2, 0.25) is 0 Å². The van der Waals surface area contributed by atoms with E-state index in [4.69, 9.17) is 37.4 Å². The van der Waals surface area contributed by atoms with Crippen molar-refractivity contribution in [3.05, 3.63) is 81.3 Å². The second kappa shape index (κ2) is 14.0. The molecular formula is C27H26Cl2N4O6. The number of halogens is 2. The molecule has 0 aliphatic rings. The minimum Gasteiger partial charge on any atom is -0.497 e. The molecule has 0 aromatic heterocycles. The van der Waals surface area contributed by atoms with Gasteiger partial charge in [0.1, 0.15) is 5.75 Å². The number of amides is 3. The molecule has 0 bridgehead atoms. The molecule has 0 saturated carbocycles. The molecule has 0 atom stereocenters.